The van der Waals surface area contributed by atoms with Crippen LogP contribution >= 0.6 is 7.60 Å². The molecule has 0 aliphatic carbocycles. The fourth-order valence-corrected chi connectivity index (χ4v) is 3.54. The second-order valence-electron chi connectivity index (χ2n) is 4.79. The molecule has 1 rings (SSSR count). The lowest BCUT2D eigenvalue weighted by Gasteiger charge is -2.34. The third kappa shape index (κ3) is 3.91. The summed E-state index contributed by atoms with van der Waals surface area (Å²) in [7, 11) is -4.17. The van der Waals surface area contributed by atoms with Crippen LogP contribution in [0.3, 0.4) is 0 Å². The fraction of sp³-hybridized carbons (Fsp3) is 0.500. The van der Waals surface area contributed by atoms with Gasteiger partial charge in [-0.1, -0.05) is 44.2 Å². The second kappa shape index (κ2) is 6.34. The van der Waals surface area contributed by atoms with E-state index in [9.17, 15) is 19.6 Å². The molecule has 0 aliphatic heterocycles. The lowest BCUT2D eigenvalue weighted by molar-refractivity contribution is 0.288. The molecule has 1 aromatic rings. The van der Waals surface area contributed by atoms with E-state index in [-0.39, 0.29) is 6.16 Å². The molecule has 5 heteroatoms. The molecule has 0 saturated heterocycles. The van der Waals surface area contributed by atoms with Gasteiger partial charge in [-0.15, -0.1) is 0 Å². The number of hydrogen-bond donors (Lipinski definition) is 2. The quantitative estimate of drug-likeness (QED) is 0.784. The first-order chi connectivity index (χ1) is 8.88. The monoisotopic (exact) mass is 281 g/mol. The normalized spacial score (nSPS) is 13.8. The van der Waals surface area contributed by atoms with Gasteiger partial charge >= 0.3 is 7.60 Å². The van der Waals surface area contributed by atoms with E-state index >= 15 is 0 Å². The number of nitriles is 1. The maximum Gasteiger partial charge on any atom is 0.326 e. The lowest BCUT2D eigenvalue weighted by atomic mass is 9.70. The van der Waals surface area contributed by atoms with Crippen molar-refractivity contribution in [3.8, 4) is 6.07 Å². The van der Waals surface area contributed by atoms with Crippen molar-refractivity contribution in [2.75, 3.05) is 6.16 Å². The Kier molecular flexibility index (Phi) is 5.31. The molecule has 4 nitrogen and oxygen atoms in total. The van der Waals surface area contributed by atoms with Gasteiger partial charge in [-0.3, -0.25) is 4.57 Å². The Bertz CT molecular complexity index is 485. The van der Waals surface area contributed by atoms with Crippen LogP contribution in [0.5, 0.6) is 0 Å². The van der Waals surface area contributed by atoms with Gasteiger partial charge in [-0.05, 0) is 18.4 Å². The molecule has 0 spiro atoms. The Hall–Kier alpha value is -1.14. The van der Waals surface area contributed by atoms with Crippen LogP contribution in [0.4, 0.5) is 0 Å². The Balaban J connectivity index is 3.28. The van der Waals surface area contributed by atoms with E-state index in [1.54, 1.807) is 0 Å². The van der Waals surface area contributed by atoms with Crippen molar-refractivity contribution in [2.24, 2.45) is 5.41 Å². The summed E-state index contributed by atoms with van der Waals surface area (Å²) in [5.74, 6) is -0.450. The third-order valence-electron chi connectivity index (χ3n) is 3.77. The van der Waals surface area contributed by atoms with Crippen LogP contribution < -0.4 is 0 Å². The van der Waals surface area contributed by atoms with Crippen LogP contribution in [0.25, 0.3) is 0 Å². The van der Waals surface area contributed by atoms with Crippen molar-refractivity contribution in [3.63, 3.8) is 0 Å². The largest absolute Gasteiger partial charge is 0.326 e. The highest BCUT2D eigenvalue weighted by Gasteiger charge is 2.40. The molecule has 0 heterocycles. The van der Waals surface area contributed by atoms with E-state index < -0.39 is 18.9 Å². The highest BCUT2D eigenvalue weighted by molar-refractivity contribution is 7.51. The number of hydrogen-bond acceptors (Lipinski definition) is 2. The van der Waals surface area contributed by atoms with Gasteiger partial charge in [0, 0.05) is 5.92 Å². The summed E-state index contributed by atoms with van der Waals surface area (Å²) in [5, 5.41) is 9.50. The first kappa shape index (κ1) is 15.9. The Morgan fingerprint density at radius 2 is 1.79 bits per heavy atom. The average molecular weight is 281 g/mol. The highest BCUT2D eigenvalue weighted by atomic mass is 31.2. The van der Waals surface area contributed by atoms with Gasteiger partial charge in [-0.2, -0.15) is 5.26 Å². The van der Waals surface area contributed by atoms with Crippen LogP contribution in [0.15, 0.2) is 30.3 Å². The SMILES string of the molecule is CCC(C#N)(CC)C(CP(=O)(O)O)c1ccccc1. The Labute approximate surface area is 114 Å². The van der Waals surface area contributed by atoms with Crippen LogP contribution in [0, 0.1) is 16.7 Å². The molecule has 0 bridgehead atoms. The molecule has 1 unspecified atom stereocenters. The van der Waals surface area contributed by atoms with Gasteiger partial charge in [0.15, 0.2) is 0 Å². The lowest BCUT2D eigenvalue weighted by Crippen LogP contribution is -2.29. The van der Waals surface area contributed by atoms with Crippen LogP contribution in [-0.2, 0) is 4.57 Å². The van der Waals surface area contributed by atoms with E-state index in [1.807, 2.05) is 44.2 Å². The maximum absolute atomic E-state index is 11.4. The Morgan fingerprint density at radius 1 is 1.26 bits per heavy atom. The summed E-state index contributed by atoms with van der Waals surface area (Å²) in [6.07, 6.45) is 0.853. The summed E-state index contributed by atoms with van der Waals surface area (Å²) in [5.41, 5.74) is 0.0822. The third-order valence-corrected chi connectivity index (χ3v) is 4.61. The zero-order chi connectivity index (χ0) is 14.5. The van der Waals surface area contributed by atoms with E-state index in [2.05, 4.69) is 6.07 Å². The molecule has 0 saturated carbocycles. The first-order valence-electron chi connectivity index (χ1n) is 6.39. The first-order valence-corrected chi connectivity index (χ1v) is 8.19. The molecule has 0 radical (unpaired) electrons. The van der Waals surface area contributed by atoms with Crippen molar-refractivity contribution in [1.29, 1.82) is 5.26 Å². The van der Waals surface area contributed by atoms with Gasteiger partial charge in [0.1, 0.15) is 0 Å². The molecular formula is C14H20NO3P. The van der Waals surface area contributed by atoms with E-state index in [1.165, 1.54) is 0 Å². The van der Waals surface area contributed by atoms with Crippen molar-refractivity contribution >= 4 is 7.60 Å². The molecule has 1 atom stereocenters. The van der Waals surface area contributed by atoms with Crippen molar-refractivity contribution in [1.82, 2.24) is 0 Å². The predicted octanol–water partition coefficient (Wildman–Crippen LogP) is 3.28. The standard InChI is InChI=1S/C14H20NO3P/c1-3-14(4-2,11-15)13(10-19(16,17)18)12-8-6-5-7-9-12/h5-9,13H,3-4,10H2,1-2H3,(H2,16,17,18). The topological polar surface area (TPSA) is 81.3 Å². The smallest absolute Gasteiger partial charge is 0.324 e. The van der Waals surface area contributed by atoms with Gasteiger partial charge in [0.25, 0.3) is 0 Å². The number of rotatable bonds is 6. The molecule has 0 amide bonds. The highest BCUT2D eigenvalue weighted by Crippen LogP contribution is 2.49. The minimum Gasteiger partial charge on any atom is -0.324 e. The molecule has 1 aromatic carbocycles. The van der Waals surface area contributed by atoms with Crippen LogP contribution in [0.2, 0.25) is 0 Å². The van der Waals surface area contributed by atoms with Gasteiger partial charge in [-0.25, -0.2) is 0 Å². The number of nitrogens with zero attached hydrogens (tertiary/aromatic N) is 1. The maximum atomic E-state index is 11.4. The average Bonchev–Trinajstić information content (AvgIpc) is 2.40. The zero-order valence-electron chi connectivity index (χ0n) is 11.3. The molecule has 2 N–H and O–H groups in total. The van der Waals surface area contributed by atoms with Crippen LogP contribution in [-0.4, -0.2) is 15.9 Å². The summed E-state index contributed by atoms with van der Waals surface area (Å²) in [6.45, 7) is 3.78. The van der Waals surface area contributed by atoms with E-state index in [0.717, 1.165) is 5.56 Å². The number of benzene rings is 1. The summed E-state index contributed by atoms with van der Waals surface area (Å²) in [4.78, 5) is 18.6. The molecule has 0 fully saturated rings. The molecule has 0 aromatic heterocycles. The molecule has 104 valence electrons. The van der Waals surface area contributed by atoms with Gasteiger partial charge < -0.3 is 9.79 Å². The Morgan fingerprint density at radius 3 is 2.16 bits per heavy atom. The van der Waals surface area contributed by atoms with Gasteiger partial charge in [0.2, 0.25) is 0 Å². The summed E-state index contributed by atoms with van der Waals surface area (Å²) >= 11 is 0. The van der Waals surface area contributed by atoms with E-state index in [0.29, 0.717) is 12.8 Å². The summed E-state index contributed by atoms with van der Waals surface area (Å²) < 4.78 is 11.4. The molecule has 19 heavy (non-hydrogen) atoms. The van der Waals surface area contributed by atoms with Gasteiger partial charge in [0.05, 0.1) is 17.6 Å². The predicted molar refractivity (Wildman–Crippen MR) is 74.7 cm³/mol. The fourth-order valence-electron chi connectivity index (χ4n) is 2.50. The summed E-state index contributed by atoms with van der Waals surface area (Å²) in [6, 6.07) is 11.5. The minimum atomic E-state index is -4.17. The zero-order valence-corrected chi connectivity index (χ0v) is 12.2. The van der Waals surface area contributed by atoms with Crippen molar-refractivity contribution < 1.29 is 14.4 Å². The van der Waals surface area contributed by atoms with E-state index in [4.69, 9.17) is 0 Å². The van der Waals surface area contributed by atoms with Crippen LogP contribution in [0.1, 0.15) is 38.2 Å². The minimum absolute atomic E-state index is 0.285. The van der Waals surface area contributed by atoms with Crippen molar-refractivity contribution in [2.45, 2.75) is 32.6 Å². The molecule has 0 aliphatic rings. The van der Waals surface area contributed by atoms with Crippen molar-refractivity contribution in [3.05, 3.63) is 35.9 Å². The molecular weight excluding hydrogens is 261 g/mol. The second-order valence-corrected chi connectivity index (χ2v) is 6.48.